The number of alkyl halides is 3. The van der Waals surface area contributed by atoms with Gasteiger partial charge in [-0.2, -0.15) is 13.2 Å². The monoisotopic (exact) mass is 395 g/mol. The molecular weight excluding hydrogens is 378 g/mol. The van der Waals surface area contributed by atoms with Gasteiger partial charge in [0, 0.05) is 28.1 Å². The molecule has 0 saturated carbocycles. The molecule has 0 aliphatic rings. The molecule has 1 N–H and O–H groups in total. The smallest absolute Gasteiger partial charge is 0.342 e. The van der Waals surface area contributed by atoms with Crippen LogP contribution >= 0.6 is 11.8 Å². The van der Waals surface area contributed by atoms with Crippen LogP contribution in [0.3, 0.4) is 0 Å². The molecule has 142 valence electrons. The highest BCUT2D eigenvalue weighted by Gasteiger charge is 2.34. The van der Waals surface area contributed by atoms with E-state index in [1.807, 2.05) is 26.8 Å². The number of rotatable bonds is 4. The molecule has 0 unspecified atom stereocenters. The van der Waals surface area contributed by atoms with Gasteiger partial charge in [0.1, 0.15) is 11.6 Å². The van der Waals surface area contributed by atoms with Gasteiger partial charge < -0.3 is 4.98 Å². The summed E-state index contributed by atoms with van der Waals surface area (Å²) >= 11 is 1.59. The Balaban J connectivity index is 1.84. The SMILES string of the molecule is Cc1ccnc(C)c1SCc1nc(-c2ccc(C(F)(F)F)c(F)c2)[nH]c1C. The van der Waals surface area contributed by atoms with Gasteiger partial charge in [-0.3, -0.25) is 4.98 Å². The molecule has 0 amide bonds. The van der Waals surface area contributed by atoms with E-state index in [0.717, 1.165) is 39.7 Å². The number of imidazole rings is 1. The summed E-state index contributed by atoms with van der Waals surface area (Å²) in [6.45, 7) is 5.77. The third-order valence-electron chi connectivity index (χ3n) is 4.17. The van der Waals surface area contributed by atoms with E-state index in [1.54, 1.807) is 18.0 Å². The number of benzene rings is 1. The van der Waals surface area contributed by atoms with Crippen molar-refractivity contribution in [3.63, 3.8) is 0 Å². The van der Waals surface area contributed by atoms with Crippen molar-refractivity contribution in [2.45, 2.75) is 37.6 Å². The molecule has 0 bridgehead atoms. The fourth-order valence-corrected chi connectivity index (χ4v) is 3.82. The number of pyridine rings is 1. The second-order valence-corrected chi connectivity index (χ2v) is 7.17. The van der Waals surface area contributed by atoms with Crippen molar-refractivity contribution in [3.05, 3.63) is 64.5 Å². The zero-order valence-electron chi connectivity index (χ0n) is 14.9. The van der Waals surface area contributed by atoms with Crippen molar-refractivity contribution in [1.29, 1.82) is 0 Å². The highest BCUT2D eigenvalue weighted by Crippen LogP contribution is 2.34. The molecule has 0 spiro atoms. The fraction of sp³-hybridized carbons (Fsp3) is 0.263. The van der Waals surface area contributed by atoms with Crippen LogP contribution in [0.1, 0.15) is 28.2 Å². The van der Waals surface area contributed by atoms with Crippen LogP contribution in [0.25, 0.3) is 11.4 Å². The Morgan fingerprint density at radius 2 is 1.85 bits per heavy atom. The van der Waals surface area contributed by atoms with Gasteiger partial charge in [0.2, 0.25) is 0 Å². The largest absolute Gasteiger partial charge is 0.419 e. The lowest BCUT2D eigenvalue weighted by Gasteiger charge is -2.08. The molecule has 3 rings (SSSR count). The highest BCUT2D eigenvalue weighted by atomic mass is 32.2. The van der Waals surface area contributed by atoms with Crippen LogP contribution in [0.5, 0.6) is 0 Å². The Labute approximate surface area is 158 Å². The summed E-state index contributed by atoms with van der Waals surface area (Å²) in [5, 5.41) is 0. The van der Waals surface area contributed by atoms with Crippen LogP contribution in [0, 0.1) is 26.6 Å². The van der Waals surface area contributed by atoms with E-state index in [4.69, 9.17) is 0 Å². The fourth-order valence-electron chi connectivity index (χ4n) is 2.71. The average molecular weight is 395 g/mol. The standard InChI is InChI=1S/C19H17F4N3S/c1-10-6-7-24-12(3)17(10)27-9-16-11(2)25-18(26-16)13-4-5-14(15(20)8-13)19(21,22)23/h4-8H,9H2,1-3H3,(H,25,26). The summed E-state index contributed by atoms with van der Waals surface area (Å²) in [6.07, 6.45) is -2.96. The van der Waals surface area contributed by atoms with E-state index in [-0.39, 0.29) is 5.56 Å². The molecule has 0 fully saturated rings. The topological polar surface area (TPSA) is 41.6 Å². The minimum Gasteiger partial charge on any atom is -0.342 e. The molecule has 27 heavy (non-hydrogen) atoms. The zero-order chi connectivity index (χ0) is 19.8. The number of H-pyrrole nitrogens is 1. The molecule has 1 aromatic carbocycles. The Morgan fingerprint density at radius 3 is 2.48 bits per heavy atom. The van der Waals surface area contributed by atoms with Gasteiger partial charge >= 0.3 is 6.18 Å². The maximum atomic E-state index is 13.8. The summed E-state index contributed by atoms with van der Waals surface area (Å²) in [6, 6.07) is 4.74. The van der Waals surface area contributed by atoms with Gasteiger partial charge in [-0.05, 0) is 44.5 Å². The molecule has 0 saturated heterocycles. The summed E-state index contributed by atoms with van der Waals surface area (Å²) in [5.41, 5.74) is 2.58. The number of nitrogens with zero attached hydrogens (tertiary/aromatic N) is 2. The van der Waals surface area contributed by atoms with Crippen molar-refractivity contribution in [1.82, 2.24) is 15.0 Å². The Bertz CT molecular complexity index is 959. The van der Waals surface area contributed by atoms with Crippen LogP contribution in [0.2, 0.25) is 0 Å². The Kier molecular flexibility index (Phi) is 5.28. The predicted molar refractivity (Wildman–Crippen MR) is 97.0 cm³/mol. The van der Waals surface area contributed by atoms with Crippen molar-refractivity contribution >= 4 is 11.8 Å². The number of aromatic amines is 1. The maximum absolute atomic E-state index is 13.8. The average Bonchev–Trinajstić information content (AvgIpc) is 2.94. The highest BCUT2D eigenvalue weighted by molar-refractivity contribution is 7.98. The summed E-state index contributed by atoms with van der Waals surface area (Å²) in [4.78, 5) is 12.8. The molecule has 2 heterocycles. The van der Waals surface area contributed by atoms with Crippen molar-refractivity contribution in [2.24, 2.45) is 0 Å². The molecule has 0 radical (unpaired) electrons. The van der Waals surface area contributed by atoms with E-state index in [0.29, 0.717) is 11.6 Å². The first-order valence-corrected chi connectivity index (χ1v) is 9.13. The summed E-state index contributed by atoms with van der Waals surface area (Å²) in [7, 11) is 0. The third kappa shape index (κ3) is 4.16. The second kappa shape index (κ2) is 7.34. The lowest BCUT2D eigenvalue weighted by molar-refractivity contribution is -0.139. The van der Waals surface area contributed by atoms with E-state index in [1.165, 1.54) is 6.07 Å². The van der Waals surface area contributed by atoms with Gasteiger partial charge in [-0.1, -0.05) is 6.07 Å². The van der Waals surface area contributed by atoms with E-state index >= 15 is 0 Å². The first-order chi connectivity index (χ1) is 12.7. The van der Waals surface area contributed by atoms with E-state index < -0.39 is 17.6 Å². The van der Waals surface area contributed by atoms with Crippen LogP contribution in [0.4, 0.5) is 17.6 Å². The zero-order valence-corrected chi connectivity index (χ0v) is 15.7. The van der Waals surface area contributed by atoms with Gasteiger partial charge in [-0.15, -0.1) is 11.8 Å². The van der Waals surface area contributed by atoms with Gasteiger partial charge in [0.15, 0.2) is 0 Å². The Hall–Kier alpha value is -2.35. The van der Waals surface area contributed by atoms with Crippen LogP contribution in [-0.4, -0.2) is 15.0 Å². The lowest BCUT2D eigenvalue weighted by Crippen LogP contribution is -2.07. The van der Waals surface area contributed by atoms with Gasteiger partial charge in [-0.25, -0.2) is 9.37 Å². The molecule has 2 aromatic heterocycles. The molecule has 3 aromatic rings. The van der Waals surface area contributed by atoms with Crippen molar-refractivity contribution in [2.75, 3.05) is 0 Å². The number of nitrogens with one attached hydrogen (secondary N) is 1. The van der Waals surface area contributed by atoms with Crippen molar-refractivity contribution in [3.8, 4) is 11.4 Å². The number of thioether (sulfide) groups is 1. The number of halogens is 4. The third-order valence-corrected chi connectivity index (χ3v) is 5.49. The molecule has 0 aliphatic carbocycles. The minimum atomic E-state index is -4.72. The number of aromatic nitrogens is 3. The van der Waals surface area contributed by atoms with Crippen molar-refractivity contribution < 1.29 is 17.6 Å². The summed E-state index contributed by atoms with van der Waals surface area (Å²) < 4.78 is 51.9. The van der Waals surface area contributed by atoms with E-state index in [2.05, 4.69) is 15.0 Å². The van der Waals surface area contributed by atoms with Crippen LogP contribution in [0.15, 0.2) is 35.4 Å². The lowest BCUT2D eigenvalue weighted by atomic mass is 10.1. The van der Waals surface area contributed by atoms with Crippen LogP contribution < -0.4 is 0 Å². The number of aryl methyl sites for hydroxylation is 3. The van der Waals surface area contributed by atoms with Gasteiger partial charge in [0.25, 0.3) is 0 Å². The molecule has 0 atom stereocenters. The minimum absolute atomic E-state index is 0.272. The predicted octanol–water partition coefficient (Wildman–Crippen LogP) is 5.85. The molecule has 0 aliphatic heterocycles. The first kappa shape index (κ1) is 19.4. The molecular formula is C19H17F4N3S. The number of hydrogen-bond donors (Lipinski definition) is 1. The number of hydrogen-bond acceptors (Lipinski definition) is 3. The summed E-state index contributed by atoms with van der Waals surface area (Å²) in [5.74, 6) is -0.402. The second-order valence-electron chi connectivity index (χ2n) is 6.18. The van der Waals surface area contributed by atoms with Crippen LogP contribution in [-0.2, 0) is 11.9 Å². The first-order valence-electron chi connectivity index (χ1n) is 8.14. The quantitative estimate of drug-likeness (QED) is 0.445. The molecule has 8 heteroatoms. The maximum Gasteiger partial charge on any atom is 0.419 e. The Morgan fingerprint density at radius 1 is 1.11 bits per heavy atom. The molecule has 3 nitrogen and oxygen atoms in total. The van der Waals surface area contributed by atoms with Gasteiger partial charge in [0.05, 0.1) is 17.0 Å². The normalized spacial score (nSPS) is 11.8. The van der Waals surface area contributed by atoms with E-state index in [9.17, 15) is 17.6 Å².